The number of esters is 1. The Morgan fingerprint density at radius 3 is 2.73 bits per heavy atom. The number of ether oxygens (including phenoxy) is 3. The maximum atomic E-state index is 12.2. The van der Waals surface area contributed by atoms with Crippen LogP contribution in [0, 0.1) is 0 Å². The van der Waals surface area contributed by atoms with Crippen molar-refractivity contribution in [2.45, 2.75) is 76.0 Å². The van der Waals surface area contributed by atoms with Gasteiger partial charge in [-0.15, -0.1) is 0 Å². The average molecular weight is 312 g/mol. The third-order valence-electron chi connectivity index (χ3n) is 4.46. The first-order valence-corrected chi connectivity index (χ1v) is 7.84. The van der Waals surface area contributed by atoms with Gasteiger partial charge in [-0.2, -0.15) is 0 Å². The van der Waals surface area contributed by atoms with Gasteiger partial charge < -0.3 is 19.9 Å². The summed E-state index contributed by atoms with van der Waals surface area (Å²) in [5.74, 6) is -0.428. The van der Waals surface area contributed by atoms with Crippen LogP contribution in [0.5, 0.6) is 0 Å². The van der Waals surface area contributed by atoms with Gasteiger partial charge in [0.25, 0.3) is 0 Å². The minimum Gasteiger partial charge on any atom is -0.464 e. The molecule has 2 unspecified atom stereocenters. The Kier molecular flexibility index (Phi) is 5.28. The summed E-state index contributed by atoms with van der Waals surface area (Å²) in [5, 5.41) is 3.73. The number of nitrogens with zero attached hydrogens (tertiary/aromatic N) is 3. The highest BCUT2D eigenvalue weighted by molar-refractivity contribution is 5.84. The van der Waals surface area contributed by atoms with Crippen LogP contribution in [0.15, 0.2) is 5.11 Å². The average Bonchev–Trinajstić information content (AvgIpc) is 3.24. The van der Waals surface area contributed by atoms with Gasteiger partial charge in [0, 0.05) is 11.0 Å². The number of carbonyl (C=O) groups is 1. The second kappa shape index (κ2) is 6.83. The number of rotatable bonds is 7. The topological polar surface area (TPSA) is 123 Å². The molecular weight excluding hydrogens is 288 g/mol. The van der Waals surface area contributed by atoms with E-state index in [0.717, 1.165) is 12.8 Å². The van der Waals surface area contributed by atoms with Gasteiger partial charge >= 0.3 is 5.97 Å². The normalized spacial score (nSPS) is 36.4. The Labute approximate surface area is 129 Å². The molecule has 1 saturated carbocycles. The largest absolute Gasteiger partial charge is 0.464 e. The van der Waals surface area contributed by atoms with Crippen molar-refractivity contribution >= 4 is 5.97 Å². The lowest BCUT2D eigenvalue weighted by atomic mass is 9.80. The van der Waals surface area contributed by atoms with E-state index >= 15 is 0 Å². The molecule has 0 radical (unpaired) electrons. The summed E-state index contributed by atoms with van der Waals surface area (Å²) in [7, 11) is 0. The highest BCUT2D eigenvalue weighted by Crippen LogP contribution is 2.50. The van der Waals surface area contributed by atoms with Crippen molar-refractivity contribution in [1.29, 1.82) is 0 Å². The van der Waals surface area contributed by atoms with E-state index in [2.05, 4.69) is 10.0 Å². The molecule has 0 spiro atoms. The van der Waals surface area contributed by atoms with Crippen molar-refractivity contribution in [2.24, 2.45) is 10.8 Å². The first kappa shape index (κ1) is 17.0. The lowest BCUT2D eigenvalue weighted by Gasteiger charge is -2.35. The number of carbonyl (C=O) groups excluding carboxylic acids is 1. The predicted octanol–water partition coefficient (Wildman–Crippen LogP) is 1.67. The van der Waals surface area contributed by atoms with Crippen LogP contribution >= 0.6 is 0 Å². The Hall–Kier alpha value is -1.34. The van der Waals surface area contributed by atoms with E-state index in [1.54, 1.807) is 6.92 Å². The van der Waals surface area contributed by atoms with Crippen LogP contribution in [-0.2, 0) is 19.0 Å². The van der Waals surface area contributed by atoms with Crippen molar-refractivity contribution < 1.29 is 19.0 Å². The van der Waals surface area contributed by atoms with Gasteiger partial charge in [0.05, 0.1) is 18.8 Å². The first-order valence-electron chi connectivity index (χ1n) is 7.84. The number of fused-ring (bicyclic) bond motifs is 1. The second-order valence-corrected chi connectivity index (χ2v) is 5.74. The van der Waals surface area contributed by atoms with E-state index in [4.69, 9.17) is 25.5 Å². The smallest absolute Gasteiger partial charge is 0.341 e. The molecule has 0 bridgehead atoms. The highest BCUT2D eigenvalue weighted by Gasteiger charge is 2.72. The van der Waals surface area contributed by atoms with E-state index in [1.165, 1.54) is 0 Å². The van der Waals surface area contributed by atoms with Gasteiger partial charge in [-0.25, -0.2) is 4.79 Å². The fourth-order valence-corrected chi connectivity index (χ4v) is 3.11. The third-order valence-corrected chi connectivity index (χ3v) is 4.46. The lowest BCUT2D eigenvalue weighted by molar-refractivity contribution is -0.150. The fraction of sp³-hybridized carbons (Fsp3) is 0.929. The molecule has 2 aliphatic rings. The zero-order chi connectivity index (χ0) is 16.3. The van der Waals surface area contributed by atoms with Crippen LogP contribution < -0.4 is 5.73 Å². The van der Waals surface area contributed by atoms with E-state index in [0.29, 0.717) is 0 Å². The maximum absolute atomic E-state index is 12.2. The van der Waals surface area contributed by atoms with Crippen LogP contribution in [0.25, 0.3) is 10.4 Å². The van der Waals surface area contributed by atoms with Crippen LogP contribution in [-0.4, -0.2) is 48.6 Å². The molecule has 0 amide bonds. The molecule has 0 aromatic heterocycles. The van der Waals surface area contributed by atoms with E-state index < -0.39 is 35.9 Å². The molecule has 8 heteroatoms. The monoisotopic (exact) mass is 312 g/mol. The second-order valence-electron chi connectivity index (χ2n) is 5.74. The van der Waals surface area contributed by atoms with E-state index in [9.17, 15) is 4.79 Å². The first-order chi connectivity index (χ1) is 10.5. The molecule has 2 rings (SSSR count). The molecule has 22 heavy (non-hydrogen) atoms. The summed E-state index contributed by atoms with van der Waals surface area (Å²) in [6, 6.07) is -1.04. The van der Waals surface area contributed by atoms with Gasteiger partial charge in [0.15, 0.2) is 5.60 Å². The number of nitrogens with two attached hydrogens (primary N) is 1. The summed E-state index contributed by atoms with van der Waals surface area (Å²) < 4.78 is 16.8. The van der Waals surface area contributed by atoms with Crippen LogP contribution in [0.4, 0.5) is 0 Å². The Balaban J connectivity index is 2.21. The fourth-order valence-electron chi connectivity index (χ4n) is 3.11. The zero-order valence-corrected chi connectivity index (χ0v) is 13.3. The summed E-state index contributed by atoms with van der Waals surface area (Å²) in [6.45, 7) is 6.07. The molecule has 0 aromatic carbocycles. The molecule has 2 N–H and O–H groups in total. The van der Waals surface area contributed by atoms with Crippen LogP contribution in [0.3, 0.4) is 0 Å². The standard InChI is InChI=1S/C14H24N4O4/c1-4-8(5-2)21-11-10(15)9(17-18-16)7-14(12(11)22-14)13(19)20-6-3/h8-12H,4-7,15H2,1-3H3/t9-,10+,11-,12?,14?/m0/s1. The summed E-state index contributed by atoms with van der Waals surface area (Å²) in [4.78, 5) is 15.0. The van der Waals surface area contributed by atoms with Crippen molar-refractivity contribution in [3.05, 3.63) is 10.4 Å². The number of epoxide rings is 1. The number of azide groups is 1. The summed E-state index contributed by atoms with van der Waals surface area (Å²) >= 11 is 0. The Morgan fingerprint density at radius 1 is 1.50 bits per heavy atom. The van der Waals surface area contributed by atoms with Crippen molar-refractivity contribution in [2.75, 3.05) is 6.61 Å². The molecule has 1 heterocycles. The minimum absolute atomic E-state index is 0.0324. The van der Waals surface area contributed by atoms with Crippen LogP contribution in [0.1, 0.15) is 40.0 Å². The molecule has 2 fully saturated rings. The molecular formula is C14H24N4O4. The van der Waals surface area contributed by atoms with Gasteiger partial charge in [-0.3, -0.25) is 0 Å². The minimum atomic E-state index is -1.07. The molecule has 5 atom stereocenters. The van der Waals surface area contributed by atoms with Crippen molar-refractivity contribution in [3.63, 3.8) is 0 Å². The van der Waals surface area contributed by atoms with Crippen molar-refractivity contribution in [3.8, 4) is 0 Å². The highest BCUT2D eigenvalue weighted by atomic mass is 16.7. The van der Waals surface area contributed by atoms with Gasteiger partial charge in [-0.1, -0.05) is 19.0 Å². The van der Waals surface area contributed by atoms with E-state index in [-0.39, 0.29) is 19.1 Å². The zero-order valence-electron chi connectivity index (χ0n) is 13.3. The molecule has 1 aliphatic carbocycles. The van der Waals surface area contributed by atoms with Gasteiger partial charge in [0.1, 0.15) is 12.2 Å². The molecule has 124 valence electrons. The van der Waals surface area contributed by atoms with Gasteiger partial charge in [-0.05, 0) is 31.7 Å². The number of hydrogen-bond acceptors (Lipinski definition) is 6. The van der Waals surface area contributed by atoms with Crippen molar-refractivity contribution in [1.82, 2.24) is 0 Å². The quantitative estimate of drug-likeness (QED) is 0.252. The third kappa shape index (κ3) is 2.92. The summed E-state index contributed by atoms with van der Waals surface area (Å²) in [6.07, 6.45) is 1.05. The molecule has 1 aliphatic heterocycles. The number of hydrogen-bond donors (Lipinski definition) is 1. The SMILES string of the molecule is CCOC(=O)C12C[C@H](N=[N+]=[N-])[C@@H](N)[C@H](OC(CC)CC)C1O2. The predicted molar refractivity (Wildman–Crippen MR) is 79.0 cm³/mol. The summed E-state index contributed by atoms with van der Waals surface area (Å²) in [5.41, 5.74) is 13.9. The van der Waals surface area contributed by atoms with Gasteiger partial charge in [0.2, 0.25) is 0 Å². The van der Waals surface area contributed by atoms with E-state index in [1.807, 2.05) is 13.8 Å². The Bertz CT molecular complexity index is 464. The van der Waals surface area contributed by atoms with Crippen LogP contribution in [0.2, 0.25) is 0 Å². The molecule has 8 nitrogen and oxygen atoms in total. The molecule has 1 saturated heterocycles. The Morgan fingerprint density at radius 2 is 2.18 bits per heavy atom. The maximum Gasteiger partial charge on any atom is 0.341 e. The lowest BCUT2D eigenvalue weighted by Crippen LogP contribution is -2.57. The molecule has 0 aromatic rings.